The van der Waals surface area contributed by atoms with Crippen molar-refractivity contribution in [3.63, 3.8) is 0 Å². The van der Waals surface area contributed by atoms with E-state index in [0.29, 0.717) is 31.1 Å². The first kappa shape index (κ1) is 39.4. The second-order valence-corrected chi connectivity index (χ2v) is 16.0. The maximum atomic E-state index is 13.4. The Balaban J connectivity index is 1.19. The van der Waals surface area contributed by atoms with Crippen molar-refractivity contribution in [3.05, 3.63) is 149 Å². The molecule has 1 atom stereocenters. The van der Waals surface area contributed by atoms with E-state index in [-0.39, 0.29) is 22.4 Å². The maximum Gasteiger partial charge on any atom is 0.161 e. The molecule has 6 heteroatoms. The van der Waals surface area contributed by atoms with Crippen molar-refractivity contribution in [1.29, 1.82) is 0 Å². The number of carbonyl (C=O) groups is 1. The molecule has 0 aliphatic heterocycles. The fourth-order valence-electron chi connectivity index (χ4n) is 9.00. The van der Waals surface area contributed by atoms with Gasteiger partial charge in [-0.1, -0.05) is 91.4 Å². The Hall–Kier alpha value is -4.81. The molecule has 4 aromatic carbocycles. The number of hydrogen-bond acceptors (Lipinski definition) is 5. The first-order valence-corrected chi connectivity index (χ1v) is 20.8. The molecule has 2 aliphatic rings. The van der Waals surface area contributed by atoms with Gasteiger partial charge in [0.1, 0.15) is 11.6 Å². The number of fused-ring (bicyclic) bond motifs is 1. The van der Waals surface area contributed by atoms with Gasteiger partial charge in [-0.25, -0.2) is 4.39 Å². The molecule has 0 radical (unpaired) electrons. The minimum atomic E-state index is -0.284. The lowest BCUT2D eigenvalue weighted by Crippen LogP contribution is -2.45. The zero-order valence-corrected chi connectivity index (χ0v) is 33.2. The third-order valence-electron chi connectivity index (χ3n) is 12.5. The van der Waals surface area contributed by atoms with Gasteiger partial charge in [0.2, 0.25) is 0 Å². The van der Waals surface area contributed by atoms with Crippen LogP contribution in [-0.4, -0.2) is 37.6 Å². The monoisotopic (exact) mass is 752 g/mol. The van der Waals surface area contributed by atoms with Gasteiger partial charge in [0, 0.05) is 47.3 Å². The second kappa shape index (κ2) is 18.4. The largest absolute Gasteiger partial charge is 0.493 e. The SMILES string of the molecule is COc1cc2cc(C3(CNC4CCC4)C=CCCC3)nc(CCCC(CCCC(=O)CCc3ccc(F)cc3)(c3ccccc3)c3ccccc3)c2cc1OC. The molecule has 292 valence electrons. The number of ether oxygens (including phenoxy) is 2. The number of ketones is 1. The van der Waals surface area contributed by atoms with Crippen molar-refractivity contribution in [2.75, 3.05) is 20.8 Å². The molecule has 0 saturated heterocycles. The molecule has 7 rings (SSSR count). The van der Waals surface area contributed by atoms with Crippen LogP contribution in [0.3, 0.4) is 0 Å². The number of nitrogens with one attached hydrogen (secondary N) is 1. The highest BCUT2D eigenvalue weighted by Gasteiger charge is 2.36. The van der Waals surface area contributed by atoms with E-state index in [0.717, 1.165) is 91.4 Å². The first-order valence-electron chi connectivity index (χ1n) is 20.8. The molecule has 1 fully saturated rings. The number of carbonyl (C=O) groups excluding carboxylic acids is 1. The third-order valence-corrected chi connectivity index (χ3v) is 12.5. The quantitative estimate of drug-likeness (QED) is 0.0851. The lowest BCUT2D eigenvalue weighted by Gasteiger charge is -2.37. The van der Waals surface area contributed by atoms with Crippen LogP contribution in [0.2, 0.25) is 0 Å². The summed E-state index contributed by atoms with van der Waals surface area (Å²) in [6, 6.07) is 35.3. The van der Waals surface area contributed by atoms with E-state index >= 15 is 0 Å². The highest BCUT2D eigenvalue weighted by molar-refractivity contribution is 5.88. The third kappa shape index (κ3) is 9.08. The van der Waals surface area contributed by atoms with Crippen molar-refractivity contribution in [1.82, 2.24) is 10.3 Å². The molecular formula is C50H57FN2O3. The standard InChI is InChI=1S/C50H57FN2O3/c1-55-46-33-38-34-48(49(29-10-5-11-30-49)36-52-42-19-12-20-42)53-45(44(38)35-47(46)56-2)22-14-32-50(39-15-6-3-7-16-39,40-17-8-4-9-18-40)31-13-21-43(54)28-25-37-23-26-41(51)27-24-37/h3-4,6-10,15-18,23-24,26-27,29,33-35,42,52H,5,11-14,19-22,25,28,30-32,36H2,1-2H3. The molecule has 5 aromatic rings. The number of aryl methyl sites for hydroxylation is 2. The number of benzene rings is 4. The van der Waals surface area contributed by atoms with Crippen LogP contribution in [0.1, 0.15) is 105 Å². The number of allylic oxidation sites excluding steroid dienone is 1. The van der Waals surface area contributed by atoms with Crippen LogP contribution in [0, 0.1) is 5.82 Å². The molecule has 0 bridgehead atoms. The number of Topliss-reactive ketones (excluding diaryl/α,β-unsaturated/α-hetero) is 1. The van der Waals surface area contributed by atoms with E-state index in [9.17, 15) is 9.18 Å². The van der Waals surface area contributed by atoms with E-state index < -0.39 is 0 Å². The van der Waals surface area contributed by atoms with Crippen molar-refractivity contribution in [3.8, 4) is 11.5 Å². The molecule has 1 aromatic heterocycles. The number of hydrogen-bond donors (Lipinski definition) is 1. The van der Waals surface area contributed by atoms with Crippen LogP contribution >= 0.6 is 0 Å². The zero-order chi connectivity index (χ0) is 38.8. The molecule has 1 heterocycles. The normalized spacial score (nSPS) is 17.1. The van der Waals surface area contributed by atoms with Crippen LogP contribution < -0.4 is 14.8 Å². The molecule has 1 unspecified atom stereocenters. The minimum absolute atomic E-state index is 0.162. The summed E-state index contributed by atoms with van der Waals surface area (Å²) < 4.78 is 25.1. The lowest BCUT2D eigenvalue weighted by molar-refractivity contribution is -0.119. The van der Waals surface area contributed by atoms with Gasteiger partial charge in [-0.2, -0.15) is 0 Å². The molecule has 2 aliphatic carbocycles. The predicted molar refractivity (Wildman–Crippen MR) is 225 cm³/mol. The molecule has 0 amide bonds. The van der Waals surface area contributed by atoms with Gasteiger partial charge >= 0.3 is 0 Å². The zero-order valence-electron chi connectivity index (χ0n) is 33.2. The van der Waals surface area contributed by atoms with Crippen molar-refractivity contribution < 1.29 is 18.7 Å². The van der Waals surface area contributed by atoms with E-state index in [1.807, 2.05) is 0 Å². The van der Waals surface area contributed by atoms with E-state index in [2.05, 4.69) is 96.3 Å². The van der Waals surface area contributed by atoms with E-state index in [4.69, 9.17) is 14.5 Å². The fraction of sp³-hybridized carbons (Fsp3) is 0.400. The topological polar surface area (TPSA) is 60.5 Å². The van der Waals surface area contributed by atoms with Gasteiger partial charge < -0.3 is 14.8 Å². The molecular weight excluding hydrogens is 696 g/mol. The summed E-state index contributed by atoms with van der Waals surface area (Å²) >= 11 is 0. The van der Waals surface area contributed by atoms with E-state index in [1.54, 1.807) is 26.4 Å². The van der Waals surface area contributed by atoms with Crippen molar-refractivity contribution in [2.24, 2.45) is 0 Å². The maximum absolute atomic E-state index is 13.4. The number of rotatable bonds is 19. The Morgan fingerprint density at radius 1 is 0.821 bits per heavy atom. The van der Waals surface area contributed by atoms with Crippen molar-refractivity contribution in [2.45, 2.75) is 107 Å². The summed E-state index contributed by atoms with van der Waals surface area (Å²) in [5.41, 5.74) is 5.31. The number of nitrogens with zero attached hydrogens (tertiary/aromatic N) is 1. The Morgan fingerprint density at radius 2 is 1.50 bits per heavy atom. The van der Waals surface area contributed by atoms with Crippen LogP contribution in [0.15, 0.2) is 115 Å². The van der Waals surface area contributed by atoms with Gasteiger partial charge in [0.15, 0.2) is 11.5 Å². The minimum Gasteiger partial charge on any atom is -0.493 e. The number of pyridine rings is 1. The first-order chi connectivity index (χ1) is 27.4. The highest BCUT2D eigenvalue weighted by Crippen LogP contribution is 2.43. The molecule has 0 spiro atoms. The van der Waals surface area contributed by atoms with Crippen molar-refractivity contribution >= 4 is 16.6 Å². The van der Waals surface area contributed by atoms with Gasteiger partial charge in [-0.15, -0.1) is 0 Å². The molecule has 5 nitrogen and oxygen atoms in total. The van der Waals surface area contributed by atoms with E-state index in [1.165, 1.54) is 42.5 Å². The summed E-state index contributed by atoms with van der Waals surface area (Å²) in [7, 11) is 3.40. The lowest BCUT2D eigenvalue weighted by atomic mass is 9.68. The Kier molecular flexibility index (Phi) is 13.0. The van der Waals surface area contributed by atoms with Gasteiger partial charge in [-0.3, -0.25) is 9.78 Å². The Morgan fingerprint density at radius 3 is 2.12 bits per heavy atom. The average molecular weight is 753 g/mol. The second-order valence-electron chi connectivity index (χ2n) is 16.0. The summed E-state index contributed by atoms with van der Waals surface area (Å²) in [6.45, 7) is 0.896. The summed E-state index contributed by atoms with van der Waals surface area (Å²) in [5, 5.41) is 6.14. The van der Waals surface area contributed by atoms with Gasteiger partial charge in [0.25, 0.3) is 0 Å². The predicted octanol–water partition coefficient (Wildman–Crippen LogP) is 11.2. The molecule has 1 saturated carbocycles. The number of aromatic nitrogens is 1. The van der Waals surface area contributed by atoms with Gasteiger partial charge in [-0.05, 0) is 123 Å². The Labute approximate surface area is 332 Å². The summed E-state index contributed by atoms with van der Waals surface area (Å²) in [4.78, 5) is 18.8. The molecule has 56 heavy (non-hydrogen) atoms. The van der Waals surface area contributed by atoms with Gasteiger partial charge in [0.05, 0.1) is 19.9 Å². The summed E-state index contributed by atoms with van der Waals surface area (Å²) in [5.74, 6) is 1.43. The average Bonchev–Trinajstić information content (AvgIpc) is 3.22. The number of methoxy groups -OCH3 is 2. The fourth-order valence-corrected chi connectivity index (χ4v) is 9.00. The molecule has 1 N–H and O–H groups in total. The number of halogens is 1. The smallest absolute Gasteiger partial charge is 0.161 e. The van der Waals surface area contributed by atoms with Crippen LogP contribution in [0.4, 0.5) is 4.39 Å². The Bertz CT molecular complexity index is 2040. The van der Waals surface area contributed by atoms with Crippen LogP contribution in [0.5, 0.6) is 11.5 Å². The summed E-state index contributed by atoms with van der Waals surface area (Å²) in [6.07, 6.45) is 17.8. The van der Waals surface area contributed by atoms with Crippen LogP contribution in [-0.2, 0) is 28.5 Å². The van der Waals surface area contributed by atoms with Crippen LogP contribution in [0.25, 0.3) is 10.8 Å². The highest BCUT2D eigenvalue weighted by atomic mass is 19.1.